The van der Waals surface area contributed by atoms with E-state index in [0.29, 0.717) is 5.82 Å². The van der Waals surface area contributed by atoms with Gasteiger partial charge in [-0.1, -0.05) is 36.4 Å². The number of nitrogens with zero attached hydrogens (tertiary/aromatic N) is 2. The normalized spacial score (nSPS) is 11.0. The quantitative estimate of drug-likeness (QED) is 0.794. The lowest BCUT2D eigenvalue weighted by molar-refractivity contribution is 0.243. The van der Waals surface area contributed by atoms with Crippen LogP contribution in [0.3, 0.4) is 0 Å². The molecule has 0 aliphatic rings. The molecule has 0 radical (unpaired) electrons. The van der Waals surface area contributed by atoms with Gasteiger partial charge in [-0.3, -0.25) is 0 Å². The maximum absolute atomic E-state index is 5.92. The third kappa shape index (κ3) is 2.52. The van der Waals surface area contributed by atoms with Gasteiger partial charge in [-0.25, -0.2) is 0 Å². The zero-order chi connectivity index (χ0) is 14.8. The molecule has 3 rings (SSSR count). The largest absolute Gasteiger partial charge is 0.490 e. The molecule has 4 heteroatoms. The zero-order valence-electron chi connectivity index (χ0n) is 12.1. The van der Waals surface area contributed by atoms with Gasteiger partial charge in [-0.15, -0.1) is 10.2 Å². The maximum atomic E-state index is 5.92. The van der Waals surface area contributed by atoms with Crippen molar-refractivity contribution in [3.8, 4) is 17.0 Å². The number of fused-ring (bicyclic) bond motifs is 1. The Morgan fingerprint density at radius 2 is 1.57 bits per heavy atom. The van der Waals surface area contributed by atoms with E-state index in [-0.39, 0.29) is 6.10 Å². The van der Waals surface area contributed by atoms with Crippen molar-refractivity contribution in [1.29, 1.82) is 0 Å². The van der Waals surface area contributed by atoms with Crippen LogP contribution in [0.25, 0.3) is 22.0 Å². The second-order valence-corrected chi connectivity index (χ2v) is 5.14. The molecule has 21 heavy (non-hydrogen) atoms. The Morgan fingerprint density at radius 3 is 2.33 bits per heavy atom. The van der Waals surface area contributed by atoms with Crippen LogP contribution < -0.4 is 10.5 Å². The highest BCUT2D eigenvalue weighted by Crippen LogP contribution is 2.34. The lowest BCUT2D eigenvalue weighted by atomic mass is 10.0. The average molecular weight is 279 g/mol. The summed E-state index contributed by atoms with van der Waals surface area (Å²) >= 11 is 0. The van der Waals surface area contributed by atoms with Gasteiger partial charge in [0.15, 0.2) is 5.82 Å². The smallest absolute Gasteiger partial charge is 0.154 e. The summed E-state index contributed by atoms with van der Waals surface area (Å²) in [7, 11) is 0. The van der Waals surface area contributed by atoms with Crippen LogP contribution in [0.4, 0.5) is 5.82 Å². The number of nitrogens with two attached hydrogens (primary N) is 1. The molecular weight excluding hydrogens is 262 g/mol. The highest BCUT2D eigenvalue weighted by Gasteiger charge is 2.13. The van der Waals surface area contributed by atoms with E-state index in [4.69, 9.17) is 10.5 Å². The van der Waals surface area contributed by atoms with Crippen molar-refractivity contribution in [3.63, 3.8) is 0 Å². The Hall–Kier alpha value is -2.62. The summed E-state index contributed by atoms with van der Waals surface area (Å²) in [6.07, 6.45) is 0.0964. The topological polar surface area (TPSA) is 61.0 Å². The number of anilines is 1. The summed E-state index contributed by atoms with van der Waals surface area (Å²) in [6.45, 7) is 4.01. The molecule has 0 saturated carbocycles. The van der Waals surface area contributed by atoms with Gasteiger partial charge >= 0.3 is 0 Å². The molecule has 0 aliphatic heterocycles. The summed E-state index contributed by atoms with van der Waals surface area (Å²) in [4.78, 5) is 0. The van der Waals surface area contributed by atoms with Crippen LogP contribution in [-0.2, 0) is 0 Å². The lowest BCUT2D eigenvalue weighted by Crippen LogP contribution is -2.07. The SMILES string of the molecule is CC(C)Oc1ccccc1-c1nnc(N)c2ccccc12. The fourth-order valence-corrected chi connectivity index (χ4v) is 2.34. The first kappa shape index (κ1) is 13.4. The number of benzene rings is 2. The molecule has 3 aromatic rings. The molecule has 2 aromatic carbocycles. The average Bonchev–Trinajstić information content (AvgIpc) is 2.48. The van der Waals surface area contributed by atoms with Gasteiger partial charge in [0.05, 0.1) is 6.10 Å². The van der Waals surface area contributed by atoms with E-state index in [1.54, 1.807) is 0 Å². The summed E-state index contributed by atoms with van der Waals surface area (Å²) in [5.74, 6) is 1.24. The van der Waals surface area contributed by atoms with Gasteiger partial charge in [0.1, 0.15) is 11.4 Å². The fourth-order valence-electron chi connectivity index (χ4n) is 2.34. The molecule has 0 aliphatic carbocycles. The van der Waals surface area contributed by atoms with Crippen molar-refractivity contribution in [3.05, 3.63) is 48.5 Å². The molecule has 0 saturated heterocycles. The molecule has 4 nitrogen and oxygen atoms in total. The predicted molar refractivity (Wildman–Crippen MR) is 85.2 cm³/mol. The first-order valence-electron chi connectivity index (χ1n) is 6.94. The predicted octanol–water partition coefficient (Wildman–Crippen LogP) is 3.67. The van der Waals surface area contributed by atoms with E-state index < -0.39 is 0 Å². The molecule has 2 N–H and O–H groups in total. The number of rotatable bonds is 3. The number of ether oxygens (including phenoxy) is 1. The van der Waals surface area contributed by atoms with Gasteiger partial charge in [0.2, 0.25) is 0 Å². The number of hydrogen-bond acceptors (Lipinski definition) is 4. The van der Waals surface area contributed by atoms with E-state index in [2.05, 4.69) is 10.2 Å². The Bertz CT molecular complexity index is 784. The summed E-state index contributed by atoms with van der Waals surface area (Å²) < 4.78 is 5.88. The third-order valence-corrected chi connectivity index (χ3v) is 3.22. The Kier molecular flexibility index (Phi) is 3.44. The van der Waals surface area contributed by atoms with Crippen molar-refractivity contribution in [2.75, 3.05) is 5.73 Å². The van der Waals surface area contributed by atoms with E-state index in [9.17, 15) is 0 Å². The number of hydrogen-bond donors (Lipinski definition) is 1. The minimum absolute atomic E-state index is 0.0964. The minimum Gasteiger partial charge on any atom is -0.490 e. The van der Waals surface area contributed by atoms with Crippen LogP contribution >= 0.6 is 0 Å². The van der Waals surface area contributed by atoms with Crippen molar-refractivity contribution < 1.29 is 4.74 Å². The summed E-state index contributed by atoms with van der Waals surface area (Å²) in [5.41, 5.74) is 7.63. The van der Waals surface area contributed by atoms with Gasteiger partial charge in [-0.2, -0.15) is 0 Å². The van der Waals surface area contributed by atoms with Crippen LogP contribution in [0.1, 0.15) is 13.8 Å². The van der Waals surface area contributed by atoms with Crippen LogP contribution in [0.5, 0.6) is 5.75 Å². The first-order valence-corrected chi connectivity index (χ1v) is 6.94. The van der Waals surface area contributed by atoms with E-state index >= 15 is 0 Å². The monoisotopic (exact) mass is 279 g/mol. The van der Waals surface area contributed by atoms with Crippen molar-refractivity contribution in [2.45, 2.75) is 20.0 Å². The fraction of sp³-hybridized carbons (Fsp3) is 0.176. The second-order valence-electron chi connectivity index (χ2n) is 5.14. The molecule has 0 atom stereocenters. The summed E-state index contributed by atoms with van der Waals surface area (Å²) in [5, 5.41) is 10.2. The highest BCUT2D eigenvalue weighted by atomic mass is 16.5. The molecule has 0 bridgehead atoms. The molecule has 1 aromatic heterocycles. The van der Waals surface area contributed by atoms with Gasteiger partial charge < -0.3 is 10.5 Å². The molecule has 0 amide bonds. The Labute approximate surface area is 123 Å². The molecule has 1 heterocycles. The standard InChI is InChI=1S/C17H17N3O/c1-11(2)21-15-10-6-5-9-14(15)16-12-7-3-4-8-13(12)17(18)20-19-16/h3-11H,1-2H3,(H2,18,20). The third-order valence-electron chi connectivity index (χ3n) is 3.22. The summed E-state index contributed by atoms with van der Waals surface area (Å²) in [6, 6.07) is 15.7. The molecule has 0 unspecified atom stereocenters. The van der Waals surface area contributed by atoms with Gasteiger partial charge in [0.25, 0.3) is 0 Å². The van der Waals surface area contributed by atoms with Crippen molar-refractivity contribution >= 4 is 16.6 Å². The molecule has 106 valence electrons. The number of aromatic nitrogens is 2. The highest BCUT2D eigenvalue weighted by molar-refractivity contribution is 6.00. The van der Waals surface area contributed by atoms with Crippen LogP contribution in [0.2, 0.25) is 0 Å². The van der Waals surface area contributed by atoms with Crippen molar-refractivity contribution in [1.82, 2.24) is 10.2 Å². The number of nitrogen functional groups attached to an aromatic ring is 1. The van der Waals surface area contributed by atoms with E-state index in [0.717, 1.165) is 27.8 Å². The molecule has 0 fully saturated rings. The molecule has 0 spiro atoms. The Balaban J connectivity index is 2.24. The lowest BCUT2D eigenvalue weighted by Gasteiger charge is -2.14. The molecular formula is C17H17N3O. The number of para-hydroxylation sites is 1. The Morgan fingerprint density at radius 1 is 0.905 bits per heavy atom. The van der Waals surface area contributed by atoms with E-state index in [1.807, 2.05) is 62.4 Å². The van der Waals surface area contributed by atoms with Crippen LogP contribution in [0, 0.1) is 0 Å². The van der Waals surface area contributed by atoms with Crippen LogP contribution in [-0.4, -0.2) is 16.3 Å². The van der Waals surface area contributed by atoms with E-state index in [1.165, 1.54) is 0 Å². The van der Waals surface area contributed by atoms with Gasteiger partial charge in [-0.05, 0) is 26.0 Å². The maximum Gasteiger partial charge on any atom is 0.154 e. The van der Waals surface area contributed by atoms with Crippen molar-refractivity contribution in [2.24, 2.45) is 0 Å². The first-order chi connectivity index (χ1) is 10.2. The minimum atomic E-state index is 0.0964. The van der Waals surface area contributed by atoms with Crippen LogP contribution in [0.15, 0.2) is 48.5 Å². The zero-order valence-corrected chi connectivity index (χ0v) is 12.1. The second kappa shape index (κ2) is 5.40. The van der Waals surface area contributed by atoms with Gasteiger partial charge in [0, 0.05) is 16.3 Å².